The minimum atomic E-state index is -1.98. The van der Waals surface area contributed by atoms with Crippen molar-refractivity contribution in [1.82, 2.24) is 5.32 Å². The van der Waals surface area contributed by atoms with Crippen molar-refractivity contribution in [2.75, 3.05) is 26.4 Å². The van der Waals surface area contributed by atoms with Crippen molar-refractivity contribution in [3.8, 4) is 0 Å². The van der Waals surface area contributed by atoms with Gasteiger partial charge in [0.05, 0.1) is 38.6 Å². The molecule has 19 heteroatoms. The molecule has 1 amide bonds. The highest BCUT2D eigenvalue weighted by Gasteiger charge is 2.54. The molecule has 3 heterocycles. The third kappa shape index (κ3) is 50.9. The fraction of sp³-hybridized carbons (Fsp3) is 0.967. The minimum absolute atomic E-state index is 0.251. The van der Waals surface area contributed by atoms with Gasteiger partial charge < -0.3 is 89.9 Å². The molecule has 0 bridgehead atoms. The van der Waals surface area contributed by atoms with Gasteiger partial charge >= 0.3 is 0 Å². The molecular weight excluding hydrogens is 1410 g/mol. The van der Waals surface area contributed by atoms with Gasteiger partial charge in [-0.2, -0.15) is 0 Å². The van der Waals surface area contributed by atoms with Gasteiger partial charge in [0, 0.05) is 6.42 Å². The normalized spacial score (nSPS) is 25.0. The summed E-state index contributed by atoms with van der Waals surface area (Å²) in [4.78, 5) is 13.5. The van der Waals surface area contributed by atoms with Gasteiger partial charge in [-0.05, 0) is 19.3 Å². The molecule has 19 nitrogen and oxygen atoms in total. The number of unbranched alkanes of at least 4 members (excludes halogenated alkanes) is 63. The summed E-state index contributed by atoms with van der Waals surface area (Å²) in [7, 11) is 0. The molecule has 17 atom stereocenters. The van der Waals surface area contributed by atoms with E-state index in [1.807, 2.05) is 6.08 Å². The fourth-order valence-corrected chi connectivity index (χ4v) is 16.6. The molecule has 0 radical (unpaired) electrons. The van der Waals surface area contributed by atoms with Crippen LogP contribution in [0.4, 0.5) is 0 Å². The first-order chi connectivity index (χ1) is 54.3. The maximum atomic E-state index is 13.5. The monoisotopic (exact) mass is 1580 g/mol. The second-order valence-electron chi connectivity index (χ2n) is 34.2. The van der Waals surface area contributed by atoms with Crippen molar-refractivity contribution < 1.29 is 89.4 Å². The molecule has 111 heavy (non-hydrogen) atoms. The predicted octanol–water partition coefficient (Wildman–Crippen LogP) is 18.6. The SMILES string of the molecule is CCCCCCCCCCCCCCCCCCCCCCCCCCC/C=C/C(O)C(COC1OC(CO)C(OC2OC(CO)C(OC3OC(CO)C(O)C(O)C3O)C(O)C2O)C(O)C1O)NC(=O)CCCCCCCCCCCCCCCCCCCCCCCCCCCCCCCCCCCCCCCCC. The van der Waals surface area contributed by atoms with E-state index in [1.54, 1.807) is 6.08 Å². The third-order valence-corrected chi connectivity index (χ3v) is 24.1. The Kier molecular flexibility index (Phi) is 67.8. The molecule has 17 unspecified atom stereocenters. The van der Waals surface area contributed by atoms with Gasteiger partial charge in [-0.25, -0.2) is 0 Å². The molecule has 0 aliphatic carbocycles. The summed E-state index contributed by atoms with van der Waals surface area (Å²) in [5.41, 5.74) is 0. The highest BCUT2D eigenvalue weighted by Crippen LogP contribution is 2.34. The molecule has 12 N–H and O–H groups in total. The average Bonchev–Trinajstić information content (AvgIpc) is 0.781. The van der Waals surface area contributed by atoms with Crippen LogP contribution in [-0.2, 0) is 33.2 Å². The number of ether oxygens (including phenoxy) is 6. The van der Waals surface area contributed by atoms with Crippen molar-refractivity contribution in [2.24, 2.45) is 0 Å². The molecule has 0 aromatic carbocycles. The number of rotatable bonds is 79. The minimum Gasteiger partial charge on any atom is -0.394 e. The summed E-state index contributed by atoms with van der Waals surface area (Å²) >= 11 is 0. The molecule has 658 valence electrons. The van der Waals surface area contributed by atoms with E-state index in [4.69, 9.17) is 28.4 Å². The summed E-state index contributed by atoms with van der Waals surface area (Å²) in [5.74, 6) is -0.264. The van der Waals surface area contributed by atoms with Crippen LogP contribution in [0.3, 0.4) is 0 Å². The van der Waals surface area contributed by atoms with E-state index in [0.717, 1.165) is 44.9 Å². The van der Waals surface area contributed by atoms with Crippen LogP contribution in [0.25, 0.3) is 0 Å². The van der Waals surface area contributed by atoms with E-state index in [2.05, 4.69) is 19.2 Å². The smallest absolute Gasteiger partial charge is 0.220 e. The molecule has 3 aliphatic heterocycles. The number of hydrogen-bond donors (Lipinski definition) is 12. The summed E-state index contributed by atoms with van der Waals surface area (Å²) in [5, 5.41) is 121. The third-order valence-electron chi connectivity index (χ3n) is 24.1. The quantitative estimate of drug-likeness (QED) is 0.0199. The lowest BCUT2D eigenvalue weighted by atomic mass is 9.96. The van der Waals surface area contributed by atoms with Crippen molar-refractivity contribution in [1.29, 1.82) is 0 Å². The number of carbonyl (C=O) groups excluding carboxylic acids is 1. The number of amides is 1. The van der Waals surface area contributed by atoms with E-state index in [9.17, 15) is 61.0 Å². The van der Waals surface area contributed by atoms with E-state index in [1.165, 1.54) is 366 Å². The van der Waals surface area contributed by atoms with Gasteiger partial charge in [0.15, 0.2) is 18.9 Å². The van der Waals surface area contributed by atoms with Gasteiger partial charge in [-0.1, -0.05) is 424 Å². The maximum absolute atomic E-state index is 13.5. The van der Waals surface area contributed by atoms with Crippen LogP contribution in [0.2, 0.25) is 0 Å². The molecule has 0 saturated carbocycles. The maximum Gasteiger partial charge on any atom is 0.220 e. The molecule has 3 aliphatic rings. The van der Waals surface area contributed by atoms with Crippen LogP contribution in [0.5, 0.6) is 0 Å². The molecule has 3 rings (SSSR count). The van der Waals surface area contributed by atoms with E-state index >= 15 is 0 Å². The molecule has 0 aromatic rings. The van der Waals surface area contributed by atoms with Crippen LogP contribution >= 0.6 is 0 Å². The Labute approximate surface area is 677 Å². The number of allylic oxidation sites excluding steroid dienone is 1. The number of aliphatic hydroxyl groups is 11. The van der Waals surface area contributed by atoms with Gasteiger partial charge in [0.25, 0.3) is 0 Å². The Morgan fingerprint density at radius 2 is 0.559 bits per heavy atom. The number of nitrogens with one attached hydrogen (secondary N) is 1. The Balaban J connectivity index is 1.29. The zero-order valence-electron chi connectivity index (χ0n) is 71.2. The molecule has 3 fully saturated rings. The van der Waals surface area contributed by atoms with Gasteiger partial charge in [-0.3, -0.25) is 4.79 Å². The molecular formula is C92H177NO18. The van der Waals surface area contributed by atoms with Crippen LogP contribution in [0.15, 0.2) is 12.2 Å². The number of aliphatic hydroxyl groups excluding tert-OH is 11. The lowest BCUT2D eigenvalue weighted by Crippen LogP contribution is -2.66. The molecule has 3 saturated heterocycles. The van der Waals surface area contributed by atoms with Gasteiger partial charge in [0.2, 0.25) is 5.91 Å². The Morgan fingerprint density at radius 1 is 0.315 bits per heavy atom. The summed E-state index contributed by atoms with van der Waals surface area (Å²) < 4.78 is 34.6. The standard InChI is InChI=1S/C92H177NO18/c1-3-5-7-9-11-13-15-17-19-21-23-25-27-29-31-32-33-34-35-36-37-38-39-40-41-42-44-46-48-50-52-54-56-58-60-62-64-66-68-70-80(98)93-75(76(97)69-67-65-63-61-59-57-55-53-51-49-47-45-43-30-28-26-24-22-20-18-16-14-12-10-8-6-4-2)74-106-90-86(104)83(101)88(78(72-95)108-90)111-92-87(105)84(102)89(79(73-96)109-92)110-91-85(103)82(100)81(99)77(71-94)107-91/h67,69,75-79,81-92,94-97,99-105H,3-66,68,70-74H2,1-2H3,(H,93,98)/b69-67+. The summed E-state index contributed by atoms with van der Waals surface area (Å²) in [6, 6.07) is -0.971. The summed E-state index contributed by atoms with van der Waals surface area (Å²) in [6.45, 7) is 1.83. The first kappa shape index (κ1) is 104. The van der Waals surface area contributed by atoms with Gasteiger partial charge in [0.1, 0.15) is 73.2 Å². The average molecular weight is 1590 g/mol. The van der Waals surface area contributed by atoms with Crippen LogP contribution in [0.1, 0.15) is 438 Å². The predicted molar refractivity (Wildman–Crippen MR) is 448 cm³/mol. The number of carbonyl (C=O) groups is 1. The summed E-state index contributed by atoms with van der Waals surface area (Å²) in [6.07, 6.45) is 63.9. The van der Waals surface area contributed by atoms with Crippen LogP contribution in [-0.4, -0.2) is 193 Å². The van der Waals surface area contributed by atoms with E-state index < -0.39 is 124 Å². The Bertz CT molecular complexity index is 2040. The topological polar surface area (TPSA) is 307 Å². The van der Waals surface area contributed by atoms with Crippen molar-refractivity contribution in [3.05, 3.63) is 12.2 Å². The van der Waals surface area contributed by atoms with E-state index in [0.29, 0.717) is 6.42 Å². The van der Waals surface area contributed by atoms with Crippen molar-refractivity contribution >= 4 is 5.91 Å². The largest absolute Gasteiger partial charge is 0.394 e. The first-order valence-electron chi connectivity index (χ1n) is 47.4. The van der Waals surface area contributed by atoms with Crippen molar-refractivity contribution in [3.63, 3.8) is 0 Å². The van der Waals surface area contributed by atoms with Crippen LogP contribution in [0, 0.1) is 0 Å². The second kappa shape index (κ2) is 72.5. The zero-order valence-corrected chi connectivity index (χ0v) is 71.2. The lowest BCUT2D eigenvalue weighted by molar-refractivity contribution is -0.379. The molecule has 0 spiro atoms. The molecule has 0 aromatic heterocycles. The fourth-order valence-electron chi connectivity index (χ4n) is 16.6. The lowest BCUT2D eigenvalue weighted by Gasteiger charge is -2.48. The van der Waals surface area contributed by atoms with Crippen LogP contribution < -0.4 is 5.32 Å². The highest BCUT2D eigenvalue weighted by molar-refractivity contribution is 5.76. The Morgan fingerprint density at radius 3 is 0.847 bits per heavy atom. The zero-order chi connectivity index (χ0) is 80.3. The highest BCUT2D eigenvalue weighted by atomic mass is 16.8. The number of hydrogen-bond acceptors (Lipinski definition) is 18. The van der Waals surface area contributed by atoms with Crippen molar-refractivity contribution in [2.45, 2.75) is 542 Å². The second-order valence-corrected chi connectivity index (χ2v) is 34.2. The Hall–Kier alpha value is -1.47. The van der Waals surface area contributed by atoms with E-state index in [-0.39, 0.29) is 18.9 Å². The first-order valence-corrected chi connectivity index (χ1v) is 47.4. The van der Waals surface area contributed by atoms with Gasteiger partial charge in [-0.15, -0.1) is 0 Å².